The van der Waals surface area contributed by atoms with Gasteiger partial charge in [-0.05, 0) is 12.5 Å². The molecule has 1 aliphatic rings. The second kappa shape index (κ2) is 2.30. The second-order valence-corrected chi connectivity index (χ2v) is 3.54. The summed E-state index contributed by atoms with van der Waals surface area (Å²) in [7, 11) is 0. The van der Waals surface area contributed by atoms with Crippen molar-refractivity contribution in [2.75, 3.05) is 0 Å². The number of hydrogen-bond donors (Lipinski definition) is 1. The van der Waals surface area contributed by atoms with Crippen LogP contribution in [0.2, 0.25) is 0 Å². The first-order chi connectivity index (χ1) is 5.63. The fourth-order valence-corrected chi connectivity index (χ4v) is 1.42. The van der Waals surface area contributed by atoms with Crippen molar-refractivity contribution in [3.63, 3.8) is 0 Å². The summed E-state index contributed by atoms with van der Waals surface area (Å²) in [4.78, 5) is 0. The number of benzene rings is 1. The summed E-state index contributed by atoms with van der Waals surface area (Å²) in [6.07, 6.45) is 0.468. The van der Waals surface area contributed by atoms with Gasteiger partial charge in [-0.1, -0.05) is 29.8 Å². The number of rotatable bonds is 1. The Labute approximate surface area is 71.4 Å². The van der Waals surface area contributed by atoms with E-state index in [1.54, 1.807) is 0 Å². The summed E-state index contributed by atoms with van der Waals surface area (Å²) in [5.74, 6) is 0. The average Bonchev–Trinajstić information content (AvgIpc) is 2.62. The van der Waals surface area contributed by atoms with Crippen molar-refractivity contribution in [3.05, 3.63) is 35.4 Å². The quantitative estimate of drug-likeness (QED) is 0.675. The molecule has 1 aliphatic carbocycles. The Hall–Kier alpha value is -0.890. The van der Waals surface area contributed by atoms with Gasteiger partial charge in [-0.2, -0.15) is 0 Å². The lowest BCUT2D eigenvalue weighted by atomic mass is 10.1. The van der Waals surface area contributed by atoms with Crippen LogP contribution in [0.5, 0.6) is 0 Å². The monoisotopic (exact) mass is 165 g/mol. The molecular weight excluding hydrogens is 153 g/mol. The Morgan fingerprint density at radius 3 is 2.33 bits per heavy atom. The average molecular weight is 165 g/mol. The third-order valence-electron chi connectivity index (χ3n) is 2.48. The first-order valence-corrected chi connectivity index (χ1v) is 4.14. The molecule has 1 aromatic rings. The van der Waals surface area contributed by atoms with Gasteiger partial charge in [0.05, 0.1) is 0 Å². The van der Waals surface area contributed by atoms with Crippen molar-refractivity contribution in [1.82, 2.24) is 0 Å². The summed E-state index contributed by atoms with van der Waals surface area (Å²) >= 11 is 0. The van der Waals surface area contributed by atoms with Crippen LogP contribution in [-0.4, -0.2) is 6.04 Å². The molecule has 1 fully saturated rings. The van der Waals surface area contributed by atoms with Gasteiger partial charge >= 0.3 is 0 Å². The van der Waals surface area contributed by atoms with E-state index in [0.29, 0.717) is 6.42 Å². The molecule has 0 amide bonds. The fraction of sp³-hybridized carbons (Fsp3) is 0.400. The molecule has 0 aliphatic heterocycles. The van der Waals surface area contributed by atoms with Gasteiger partial charge in [-0.15, -0.1) is 0 Å². The molecule has 1 saturated carbocycles. The molecule has 12 heavy (non-hydrogen) atoms. The first-order valence-electron chi connectivity index (χ1n) is 4.14. The molecular formula is C10H12FN. The van der Waals surface area contributed by atoms with Crippen molar-refractivity contribution in [2.24, 2.45) is 5.73 Å². The van der Waals surface area contributed by atoms with Crippen LogP contribution in [0.25, 0.3) is 0 Å². The van der Waals surface area contributed by atoms with Gasteiger partial charge in [0.15, 0.2) is 5.67 Å². The number of halogens is 1. The molecule has 0 unspecified atom stereocenters. The van der Waals surface area contributed by atoms with Gasteiger partial charge in [0.25, 0.3) is 0 Å². The molecule has 0 aromatic heterocycles. The lowest BCUT2D eigenvalue weighted by Gasteiger charge is -2.05. The summed E-state index contributed by atoms with van der Waals surface area (Å²) < 4.78 is 13.6. The maximum Gasteiger partial charge on any atom is 0.152 e. The van der Waals surface area contributed by atoms with Crippen LogP contribution in [0, 0.1) is 6.92 Å². The van der Waals surface area contributed by atoms with Crippen molar-refractivity contribution in [2.45, 2.75) is 25.1 Å². The van der Waals surface area contributed by atoms with E-state index >= 15 is 0 Å². The summed E-state index contributed by atoms with van der Waals surface area (Å²) in [5.41, 5.74) is 6.14. The fourth-order valence-electron chi connectivity index (χ4n) is 1.42. The van der Waals surface area contributed by atoms with Crippen LogP contribution in [0.1, 0.15) is 17.5 Å². The van der Waals surface area contributed by atoms with E-state index < -0.39 is 5.67 Å². The molecule has 0 radical (unpaired) electrons. The lowest BCUT2D eigenvalue weighted by Crippen LogP contribution is -2.12. The number of nitrogens with two attached hydrogens (primary N) is 1. The van der Waals surface area contributed by atoms with Gasteiger partial charge < -0.3 is 5.73 Å². The third kappa shape index (κ3) is 1.03. The number of aryl methyl sites for hydroxylation is 1. The number of hydrogen-bond acceptors (Lipinski definition) is 1. The zero-order valence-electron chi connectivity index (χ0n) is 7.05. The van der Waals surface area contributed by atoms with E-state index in [2.05, 4.69) is 0 Å². The van der Waals surface area contributed by atoms with Crippen LogP contribution in [0.3, 0.4) is 0 Å². The lowest BCUT2D eigenvalue weighted by molar-refractivity contribution is 0.306. The third-order valence-corrected chi connectivity index (χ3v) is 2.48. The zero-order valence-corrected chi connectivity index (χ0v) is 7.05. The summed E-state index contributed by atoms with van der Waals surface area (Å²) in [6.45, 7) is 1.99. The minimum Gasteiger partial charge on any atom is -0.325 e. The zero-order chi connectivity index (χ0) is 8.77. The van der Waals surface area contributed by atoms with Crippen LogP contribution in [0.4, 0.5) is 4.39 Å². The molecule has 0 spiro atoms. The highest BCUT2D eigenvalue weighted by Crippen LogP contribution is 2.48. The van der Waals surface area contributed by atoms with E-state index in [9.17, 15) is 4.39 Å². The molecule has 2 heteroatoms. The van der Waals surface area contributed by atoms with Crippen LogP contribution in [-0.2, 0) is 5.67 Å². The highest BCUT2D eigenvalue weighted by atomic mass is 19.1. The van der Waals surface area contributed by atoms with Crippen molar-refractivity contribution in [1.29, 1.82) is 0 Å². The van der Waals surface area contributed by atoms with E-state index in [-0.39, 0.29) is 6.04 Å². The Kier molecular flexibility index (Phi) is 1.48. The topological polar surface area (TPSA) is 26.0 Å². The van der Waals surface area contributed by atoms with Crippen molar-refractivity contribution in [3.8, 4) is 0 Å². The highest BCUT2D eigenvalue weighted by Gasteiger charge is 2.54. The van der Waals surface area contributed by atoms with Crippen LogP contribution >= 0.6 is 0 Å². The Morgan fingerprint density at radius 2 is 1.92 bits per heavy atom. The molecule has 2 rings (SSSR count). The maximum atomic E-state index is 13.6. The molecule has 0 bridgehead atoms. The molecule has 0 heterocycles. The van der Waals surface area contributed by atoms with E-state index in [1.807, 2.05) is 31.2 Å². The molecule has 2 N–H and O–H groups in total. The van der Waals surface area contributed by atoms with Gasteiger partial charge in [0.1, 0.15) is 0 Å². The van der Waals surface area contributed by atoms with Gasteiger partial charge in [0, 0.05) is 12.5 Å². The minimum atomic E-state index is -1.23. The van der Waals surface area contributed by atoms with E-state index in [0.717, 1.165) is 11.1 Å². The molecule has 2 atom stereocenters. The smallest absolute Gasteiger partial charge is 0.152 e. The van der Waals surface area contributed by atoms with Gasteiger partial charge in [0.2, 0.25) is 0 Å². The Morgan fingerprint density at radius 1 is 1.42 bits per heavy atom. The predicted octanol–water partition coefficient (Wildman–Crippen LogP) is 1.89. The molecule has 1 nitrogen and oxygen atoms in total. The molecule has 64 valence electrons. The first kappa shape index (κ1) is 7.74. The summed E-state index contributed by atoms with van der Waals surface area (Å²) in [6, 6.07) is 7.19. The summed E-state index contributed by atoms with van der Waals surface area (Å²) in [5, 5.41) is 0. The van der Waals surface area contributed by atoms with E-state index in [1.165, 1.54) is 0 Å². The standard InChI is InChI=1S/C10H12FN/c1-7-2-4-8(5-3-7)10(11)6-9(10)12/h2-5,9H,6,12H2,1H3/t9-,10+/m0/s1. The molecule has 0 saturated heterocycles. The SMILES string of the molecule is Cc1ccc([C@]2(F)C[C@@H]2N)cc1. The number of alkyl halides is 1. The van der Waals surface area contributed by atoms with Gasteiger partial charge in [-0.25, -0.2) is 4.39 Å². The minimum absolute atomic E-state index is 0.291. The van der Waals surface area contributed by atoms with Crippen LogP contribution in [0.15, 0.2) is 24.3 Å². The van der Waals surface area contributed by atoms with Crippen LogP contribution < -0.4 is 5.73 Å². The normalized spacial score (nSPS) is 33.4. The largest absolute Gasteiger partial charge is 0.325 e. The van der Waals surface area contributed by atoms with Crippen molar-refractivity contribution < 1.29 is 4.39 Å². The predicted molar refractivity (Wildman–Crippen MR) is 46.6 cm³/mol. The van der Waals surface area contributed by atoms with Gasteiger partial charge in [-0.3, -0.25) is 0 Å². The Balaban J connectivity index is 2.31. The second-order valence-electron chi connectivity index (χ2n) is 3.54. The Bertz CT molecular complexity index is 293. The van der Waals surface area contributed by atoms with E-state index in [4.69, 9.17) is 5.73 Å². The highest BCUT2D eigenvalue weighted by molar-refractivity contribution is 5.33. The maximum absolute atomic E-state index is 13.6. The van der Waals surface area contributed by atoms with Crippen molar-refractivity contribution >= 4 is 0 Å². The molecule has 1 aromatic carbocycles.